The van der Waals surface area contributed by atoms with E-state index in [-0.39, 0.29) is 61.5 Å². The van der Waals surface area contributed by atoms with E-state index in [2.05, 4.69) is 23.8 Å². The molecule has 8 nitrogen and oxygen atoms in total. The summed E-state index contributed by atoms with van der Waals surface area (Å²) < 4.78 is 28.9. The van der Waals surface area contributed by atoms with Crippen LogP contribution in [-0.2, 0) is 38.1 Å². The van der Waals surface area contributed by atoms with Gasteiger partial charge in [-0.15, -0.1) is 0 Å². The number of ether oxygens (including phenoxy) is 5. The minimum atomic E-state index is -0.446. The van der Waals surface area contributed by atoms with Gasteiger partial charge in [-0.25, -0.2) is 4.79 Å². The van der Waals surface area contributed by atoms with E-state index < -0.39 is 11.9 Å². The van der Waals surface area contributed by atoms with Crippen molar-refractivity contribution in [1.29, 1.82) is 0 Å². The summed E-state index contributed by atoms with van der Waals surface area (Å²) in [7, 11) is 1.32. The van der Waals surface area contributed by atoms with Gasteiger partial charge < -0.3 is 23.7 Å². The predicted octanol–water partition coefficient (Wildman–Crippen LogP) is 5.62. The highest BCUT2D eigenvalue weighted by molar-refractivity contribution is 5.90. The maximum absolute atomic E-state index is 13.2. The fourth-order valence-corrected chi connectivity index (χ4v) is 5.53. The summed E-state index contributed by atoms with van der Waals surface area (Å²) in [5, 5.41) is 0. The molecule has 0 radical (unpaired) electrons. The number of esters is 1. The molecule has 3 fully saturated rings. The zero-order valence-corrected chi connectivity index (χ0v) is 23.9. The van der Waals surface area contributed by atoms with Crippen molar-refractivity contribution in [3.8, 4) is 0 Å². The van der Waals surface area contributed by atoms with E-state index in [9.17, 15) is 14.4 Å². The van der Waals surface area contributed by atoms with Crippen molar-refractivity contribution in [2.24, 2.45) is 11.8 Å². The first-order valence-corrected chi connectivity index (χ1v) is 15.0. The van der Waals surface area contributed by atoms with Crippen LogP contribution in [0.1, 0.15) is 96.8 Å². The largest absolute Gasteiger partial charge is 0.466 e. The summed E-state index contributed by atoms with van der Waals surface area (Å²) in [5.74, 6) is -1.04. The smallest absolute Gasteiger partial charge is 0.330 e. The van der Waals surface area contributed by atoms with Gasteiger partial charge in [-0.3, -0.25) is 9.59 Å². The van der Waals surface area contributed by atoms with E-state index in [0.717, 1.165) is 70.8 Å². The van der Waals surface area contributed by atoms with Gasteiger partial charge in [0, 0.05) is 50.4 Å². The van der Waals surface area contributed by atoms with Gasteiger partial charge in [-0.05, 0) is 51.4 Å². The van der Waals surface area contributed by atoms with Crippen LogP contribution >= 0.6 is 0 Å². The number of methoxy groups -OCH3 is 1. The number of carbonyl (C=O) groups is 3. The lowest BCUT2D eigenvalue weighted by atomic mass is 9.88. The van der Waals surface area contributed by atoms with Gasteiger partial charge in [-0.1, -0.05) is 44.4 Å². The van der Waals surface area contributed by atoms with Crippen molar-refractivity contribution in [3.05, 3.63) is 24.3 Å². The number of carbonyl (C=O) groups excluding carboxylic acids is 3. The molecule has 0 aromatic carbocycles. The van der Waals surface area contributed by atoms with Crippen LogP contribution in [-0.4, -0.2) is 62.6 Å². The van der Waals surface area contributed by atoms with Gasteiger partial charge in [0.15, 0.2) is 12.6 Å². The maximum atomic E-state index is 13.2. The number of ketones is 2. The highest BCUT2D eigenvalue weighted by Gasteiger charge is 2.43. The Morgan fingerprint density at radius 3 is 2.46 bits per heavy atom. The second-order valence-electron chi connectivity index (χ2n) is 10.9. The lowest BCUT2D eigenvalue weighted by Crippen LogP contribution is -2.31. The minimum Gasteiger partial charge on any atom is -0.466 e. The summed E-state index contributed by atoms with van der Waals surface area (Å²) in [6.07, 6.45) is 17.5. The molecule has 2 heterocycles. The van der Waals surface area contributed by atoms with Crippen LogP contribution in [0.15, 0.2) is 24.3 Å². The normalized spacial score (nSPS) is 28.8. The Kier molecular flexibility index (Phi) is 14.4. The third-order valence-electron chi connectivity index (χ3n) is 7.77. The fraction of sp³-hybridized carbons (Fsp3) is 0.774. The monoisotopic (exact) mass is 548 g/mol. The third kappa shape index (κ3) is 11.3. The first-order valence-electron chi connectivity index (χ1n) is 15.0. The van der Waals surface area contributed by atoms with Crippen molar-refractivity contribution < 1.29 is 38.1 Å². The number of hydrogen-bond acceptors (Lipinski definition) is 8. The summed E-state index contributed by atoms with van der Waals surface area (Å²) in [5.41, 5.74) is 0. The Bertz CT molecular complexity index is 809. The van der Waals surface area contributed by atoms with Crippen molar-refractivity contribution in [2.75, 3.05) is 20.3 Å². The number of unbranched alkanes of at least 4 members (excludes halogenated alkanes) is 2. The fourth-order valence-electron chi connectivity index (χ4n) is 5.53. The van der Waals surface area contributed by atoms with Crippen LogP contribution < -0.4 is 0 Å². The van der Waals surface area contributed by atoms with E-state index >= 15 is 0 Å². The molecule has 2 unspecified atom stereocenters. The van der Waals surface area contributed by atoms with Crippen molar-refractivity contribution >= 4 is 17.5 Å². The molecule has 220 valence electrons. The van der Waals surface area contributed by atoms with Gasteiger partial charge in [0.25, 0.3) is 0 Å². The first-order chi connectivity index (χ1) is 19.0. The van der Waals surface area contributed by atoms with Crippen LogP contribution in [0, 0.1) is 11.8 Å². The van der Waals surface area contributed by atoms with Crippen LogP contribution in [0.2, 0.25) is 0 Å². The SMILES string of the molecule is CCCCC[C@@H](C=C[C@H]1[C@H](OC2CCCCO2)CC(=O)[C@@H]1CC(=O)CCC=CC(=O)OC)OC1CCCCO1. The van der Waals surface area contributed by atoms with Crippen molar-refractivity contribution in [1.82, 2.24) is 0 Å². The lowest BCUT2D eigenvalue weighted by Gasteiger charge is -2.29. The number of rotatable bonds is 16. The van der Waals surface area contributed by atoms with E-state index in [4.69, 9.17) is 18.9 Å². The molecule has 1 aliphatic carbocycles. The Morgan fingerprint density at radius 2 is 1.79 bits per heavy atom. The molecule has 8 heteroatoms. The standard InChI is InChI=1S/C31H48O8/c1-3-4-5-13-24(38-30-15-8-10-19-36-30)17-18-25-26(21-23(32)12-6-7-14-29(34)35-2)27(33)22-28(25)39-31-16-9-11-20-37-31/h7,14,17-18,24-26,28,30-31H,3-6,8-13,15-16,19-22H2,1-2H3/t24-,25+,26+,28+,30?,31?/m0/s1. The second-order valence-corrected chi connectivity index (χ2v) is 10.9. The Balaban J connectivity index is 1.69. The molecular weight excluding hydrogens is 500 g/mol. The van der Waals surface area contributed by atoms with E-state index in [1.165, 1.54) is 13.2 Å². The van der Waals surface area contributed by atoms with Crippen LogP contribution in [0.25, 0.3) is 0 Å². The second kappa shape index (κ2) is 17.7. The van der Waals surface area contributed by atoms with Gasteiger partial charge >= 0.3 is 5.97 Å². The first kappa shape index (κ1) is 31.7. The van der Waals surface area contributed by atoms with E-state index in [0.29, 0.717) is 13.0 Å². The summed E-state index contributed by atoms with van der Waals surface area (Å²) in [6.45, 7) is 3.58. The topological polar surface area (TPSA) is 97.4 Å². The Hall–Kier alpha value is -1.87. The Labute approximate surface area is 233 Å². The highest BCUT2D eigenvalue weighted by Crippen LogP contribution is 2.37. The zero-order chi connectivity index (χ0) is 27.9. The number of Topliss-reactive ketones (excluding diaryl/α,β-unsaturated/α-hetero) is 2. The molecule has 0 spiro atoms. The molecule has 2 aliphatic heterocycles. The molecule has 0 aromatic rings. The van der Waals surface area contributed by atoms with Crippen LogP contribution in [0.5, 0.6) is 0 Å². The summed E-state index contributed by atoms with van der Waals surface area (Å²) in [4.78, 5) is 37.3. The number of hydrogen-bond donors (Lipinski definition) is 0. The van der Waals surface area contributed by atoms with Crippen molar-refractivity contribution in [2.45, 2.75) is 122 Å². The minimum absolute atomic E-state index is 0.00202. The molecular formula is C31H48O8. The molecule has 39 heavy (non-hydrogen) atoms. The summed E-state index contributed by atoms with van der Waals surface area (Å²) >= 11 is 0. The molecule has 0 N–H and O–H groups in total. The molecule has 0 amide bonds. The Morgan fingerprint density at radius 1 is 1.05 bits per heavy atom. The number of allylic oxidation sites excluding steroid dienone is 1. The molecule has 1 saturated carbocycles. The average molecular weight is 549 g/mol. The van der Waals surface area contributed by atoms with Crippen molar-refractivity contribution in [3.63, 3.8) is 0 Å². The van der Waals surface area contributed by atoms with Gasteiger partial charge in [-0.2, -0.15) is 0 Å². The average Bonchev–Trinajstić information content (AvgIpc) is 3.23. The molecule has 6 atom stereocenters. The van der Waals surface area contributed by atoms with Gasteiger partial charge in [0.1, 0.15) is 11.6 Å². The van der Waals surface area contributed by atoms with Crippen LogP contribution in [0.4, 0.5) is 0 Å². The van der Waals surface area contributed by atoms with Crippen LogP contribution in [0.3, 0.4) is 0 Å². The molecule has 0 bridgehead atoms. The van der Waals surface area contributed by atoms with E-state index in [1.54, 1.807) is 6.08 Å². The molecule has 0 aromatic heterocycles. The van der Waals surface area contributed by atoms with Gasteiger partial charge in [0.2, 0.25) is 0 Å². The molecule has 3 rings (SSSR count). The summed E-state index contributed by atoms with van der Waals surface area (Å²) in [6, 6.07) is 0. The van der Waals surface area contributed by atoms with E-state index in [1.807, 2.05) is 0 Å². The lowest BCUT2D eigenvalue weighted by molar-refractivity contribution is -0.192. The third-order valence-corrected chi connectivity index (χ3v) is 7.77. The maximum Gasteiger partial charge on any atom is 0.330 e. The molecule has 2 saturated heterocycles. The van der Waals surface area contributed by atoms with Gasteiger partial charge in [0.05, 0.1) is 19.3 Å². The predicted molar refractivity (Wildman–Crippen MR) is 147 cm³/mol. The molecule has 3 aliphatic rings. The quantitative estimate of drug-likeness (QED) is 0.106. The zero-order valence-electron chi connectivity index (χ0n) is 23.9. The highest BCUT2D eigenvalue weighted by atomic mass is 16.7.